The highest BCUT2D eigenvalue weighted by molar-refractivity contribution is 7.91. The van der Waals surface area contributed by atoms with E-state index in [1.54, 1.807) is 12.1 Å². The molecule has 0 amide bonds. The van der Waals surface area contributed by atoms with Crippen LogP contribution in [0.3, 0.4) is 0 Å². The van der Waals surface area contributed by atoms with Gasteiger partial charge in [-0.05, 0) is 29.7 Å². The largest absolute Gasteiger partial charge is 0.224 e. The molecule has 112 valence electrons. The summed E-state index contributed by atoms with van der Waals surface area (Å²) in [6, 6.07) is 17.2. The molecule has 0 atom stereocenters. The molecule has 2 aromatic carbocycles. The second-order valence-corrected chi connectivity index (χ2v) is 7.38. The SMILES string of the molecule is CCCCCCS(=O)(=O)c1ccc(-c2ccccc2)cc1. The van der Waals surface area contributed by atoms with E-state index in [2.05, 4.69) is 6.92 Å². The van der Waals surface area contributed by atoms with Crippen molar-refractivity contribution in [3.8, 4) is 11.1 Å². The molecule has 0 saturated heterocycles. The summed E-state index contributed by atoms with van der Waals surface area (Å²) in [5.74, 6) is 0.248. The van der Waals surface area contributed by atoms with Crippen molar-refractivity contribution in [1.29, 1.82) is 0 Å². The van der Waals surface area contributed by atoms with Crippen molar-refractivity contribution in [1.82, 2.24) is 0 Å². The highest BCUT2D eigenvalue weighted by Crippen LogP contribution is 2.22. The van der Waals surface area contributed by atoms with Crippen LogP contribution in [0.4, 0.5) is 0 Å². The topological polar surface area (TPSA) is 34.1 Å². The van der Waals surface area contributed by atoms with Gasteiger partial charge < -0.3 is 0 Å². The molecule has 0 aliphatic carbocycles. The Balaban J connectivity index is 2.08. The van der Waals surface area contributed by atoms with E-state index < -0.39 is 9.84 Å². The lowest BCUT2D eigenvalue weighted by Gasteiger charge is -2.06. The number of unbranched alkanes of at least 4 members (excludes halogenated alkanes) is 3. The molecule has 0 spiro atoms. The Hall–Kier alpha value is -1.61. The normalized spacial score (nSPS) is 11.5. The van der Waals surface area contributed by atoms with Crippen LogP contribution in [-0.4, -0.2) is 14.2 Å². The van der Waals surface area contributed by atoms with E-state index in [1.165, 1.54) is 0 Å². The molecule has 0 radical (unpaired) electrons. The van der Waals surface area contributed by atoms with Crippen LogP contribution in [0.2, 0.25) is 0 Å². The minimum atomic E-state index is -3.14. The first-order valence-corrected chi connectivity index (χ1v) is 9.17. The van der Waals surface area contributed by atoms with Crippen LogP contribution in [-0.2, 0) is 9.84 Å². The number of hydrogen-bond donors (Lipinski definition) is 0. The summed E-state index contributed by atoms with van der Waals surface area (Å²) in [4.78, 5) is 0.429. The molecule has 2 aromatic rings. The molecule has 3 heteroatoms. The van der Waals surface area contributed by atoms with Crippen LogP contribution in [0.25, 0.3) is 11.1 Å². The molecule has 0 saturated carbocycles. The van der Waals surface area contributed by atoms with Crippen molar-refractivity contribution < 1.29 is 8.42 Å². The van der Waals surface area contributed by atoms with E-state index in [9.17, 15) is 8.42 Å². The Morgan fingerprint density at radius 2 is 1.38 bits per heavy atom. The van der Waals surface area contributed by atoms with Crippen LogP contribution in [0, 0.1) is 0 Å². The molecule has 0 aliphatic heterocycles. The first kappa shape index (κ1) is 15.8. The van der Waals surface area contributed by atoms with Gasteiger partial charge in [0, 0.05) is 0 Å². The van der Waals surface area contributed by atoms with Crippen LogP contribution < -0.4 is 0 Å². The van der Waals surface area contributed by atoms with E-state index in [-0.39, 0.29) is 5.75 Å². The molecule has 2 rings (SSSR count). The third-order valence-electron chi connectivity index (χ3n) is 3.59. The zero-order valence-corrected chi connectivity index (χ0v) is 13.3. The first-order valence-electron chi connectivity index (χ1n) is 7.52. The molecule has 0 unspecified atom stereocenters. The van der Waals surface area contributed by atoms with E-state index in [0.29, 0.717) is 4.90 Å². The molecule has 0 bridgehead atoms. The Kier molecular flexibility index (Phi) is 5.57. The van der Waals surface area contributed by atoms with E-state index in [0.717, 1.165) is 36.8 Å². The Morgan fingerprint density at radius 1 is 0.762 bits per heavy atom. The molecule has 0 aliphatic rings. The molecule has 2 nitrogen and oxygen atoms in total. The van der Waals surface area contributed by atoms with Crippen LogP contribution in [0.1, 0.15) is 32.6 Å². The van der Waals surface area contributed by atoms with Gasteiger partial charge in [0.05, 0.1) is 10.6 Å². The highest BCUT2D eigenvalue weighted by atomic mass is 32.2. The predicted octanol–water partition coefficient (Wildman–Crippen LogP) is 4.71. The molecule has 0 heterocycles. The number of hydrogen-bond acceptors (Lipinski definition) is 2. The maximum Gasteiger partial charge on any atom is 0.178 e. The lowest BCUT2D eigenvalue weighted by molar-refractivity contribution is 0.589. The first-order chi connectivity index (χ1) is 10.1. The fraction of sp³-hybridized carbons (Fsp3) is 0.333. The summed E-state index contributed by atoms with van der Waals surface area (Å²) in [7, 11) is -3.14. The van der Waals surface area contributed by atoms with Gasteiger partial charge in [-0.15, -0.1) is 0 Å². The standard InChI is InChI=1S/C18H22O2S/c1-2-3-4-8-15-21(19,20)18-13-11-17(12-14-18)16-9-6-5-7-10-16/h5-7,9-14H,2-4,8,15H2,1H3. The zero-order valence-electron chi connectivity index (χ0n) is 12.5. The van der Waals surface area contributed by atoms with Crippen molar-refractivity contribution in [2.45, 2.75) is 37.5 Å². The van der Waals surface area contributed by atoms with Gasteiger partial charge in [0.2, 0.25) is 0 Å². The summed E-state index contributed by atoms with van der Waals surface area (Å²) in [6.45, 7) is 2.12. The molecular weight excluding hydrogens is 280 g/mol. The average molecular weight is 302 g/mol. The van der Waals surface area contributed by atoms with Gasteiger partial charge in [0.1, 0.15) is 0 Å². The van der Waals surface area contributed by atoms with Crippen molar-refractivity contribution in [3.05, 3.63) is 54.6 Å². The van der Waals surface area contributed by atoms with Crippen molar-refractivity contribution >= 4 is 9.84 Å². The van der Waals surface area contributed by atoms with Crippen LogP contribution >= 0.6 is 0 Å². The van der Waals surface area contributed by atoms with E-state index in [1.807, 2.05) is 42.5 Å². The van der Waals surface area contributed by atoms with Crippen molar-refractivity contribution in [2.75, 3.05) is 5.75 Å². The highest BCUT2D eigenvalue weighted by Gasteiger charge is 2.13. The number of benzene rings is 2. The number of sulfone groups is 1. The minimum absolute atomic E-state index is 0.248. The second kappa shape index (κ2) is 7.41. The monoisotopic (exact) mass is 302 g/mol. The zero-order chi connectivity index (χ0) is 15.1. The lowest BCUT2D eigenvalue weighted by atomic mass is 10.1. The van der Waals surface area contributed by atoms with Gasteiger partial charge in [0.15, 0.2) is 9.84 Å². The summed E-state index contributed by atoms with van der Waals surface area (Å²) >= 11 is 0. The van der Waals surface area contributed by atoms with Gasteiger partial charge >= 0.3 is 0 Å². The fourth-order valence-corrected chi connectivity index (χ4v) is 3.69. The second-order valence-electron chi connectivity index (χ2n) is 5.27. The summed E-state index contributed by atoms with van der Waals surface area (Å²) in [5.41, 5.74) is 2.14. The predicted molar refractivity (Wildman–Crippen MR) is 88.1 cm³/mol. The quantitative estimate of drug-likeness (QED) is 0.694. The Morgan fingerprint density at radius 3 is 2.00 bits per heavy atom. The molecular formula is C18H22O2S. The minimum Gasteiger partial charge on any atom is -0.224 e. The van der Waals surface area contributed by atoms with Gasteiger partial charge in [0.25, 0.3) is 0 Å². The Bertz CT molecular complexity index is 643. The molecule has 0 aromatic heterocycles. The van der Waals surface area contributed by atoms with Crippen LogP contribution in [0.15, 0.2) is 59.5 Å². The van der Waals surface area contributed by atoms with Crippen LogP contribution in [0.5, 0.6) is 0 Å². The van der Waals surface area contributed by atoms with Crippen molar-refractivity contribution in [2.24, 2.45) is 0 Å². The third kappa shape index (κ3) is 4.43. The Labute approximate surface area is 127 Å². The number of rotatable bonds is 7. The van der Waals surface area contributed by atoms with Gasteiger partial charge in [-0.25, -0.2) is 8.42 Å². The maximum absolute atomic E-state index is 12.2. The van der Waals surface area contributed by atoms with E-state index in [4.69, 9.17) is 0 Å². The smallest absolute Gasteiger partial charge is 0.178 e. The van der Waals surface area contributed by atoms with Gasteiger partial charge in [-0.1, -0.05) is 68.7 Å². The third-order valence-corrected chi connectivity index (χ3v) is 5.40. The fourth-order valence-electron chi connectivity index (χ4n) is 2.32. The summed E-state index contributed by atoms with van der Waals surface area (Å²) in [6.07, 6.45) is 3.95. The molecule has 21 heavy (non-hydrogen) atoms. The van der Waals surface area contributed by atoms with Gasteiger partial charge in [-0.3, -0.25) is 0 Å². The van der Waals surface area contributed by atoms with Crippen molar-refractivity contribution in [3.63, 3.8) is 0 Å². The summed E-state index contributed by atoms with van der Waals surface area (Å²) < 4.78 is 24.5. The molecule has 0 fully saturated rings. The average Bonchev–Trinajstić information content (AvgIpc) is 2.53. The van der Waals surface area contributed by atoms with Gasteiger partial charge in [-0.2, -0.15) is 0 Å². The van der Waals surface area contributed by atoms with E-state index >= 15 is 0 Å². The molecule has 0 N–H and O–H groups in total. The summed E-state index contributed by atoms with van der Waals surface area (Å²) in [5, 5.41) is 0. The lowest BCUT2D eigenvalue weighted by Crippen LogP contribution is -2.06. The maximum atomic E-state index is 12.2.